The molecule has 0 spiro atoms. The summed E-state index contributed by atoms with van der Waals surface area (Å²) < 4.78 is 34.8. The van der Waals surface area contributed by atoms with Crippen LogP contribution in [0.15, 0.2) is 41.2 Å². The Hall–Kier alpha value is -4.30. The molecule has 2 amide bonds. The molecular weight excluding hydrogens is 568 g/mol. The van der Waals surface area contributed by atoms with Gasteiger partial charge in [0.1, 0.15) is 11.9 Å². The maximum absolute atomic E-state index is 15.1. The number of nitriles is 1. The lowest BCUT2D eigenvalue weighted by atomic mass is 9.84. The molecule has 1 aromatic heterocycles. The molecular formula is C30H30ClF2N5O4. The van der Waals surface area contributed by atoms with E-state index in [1.807, 2.05) is 0 Å². The zero-order chi connectivity index (χ0) is 30.9. The van der Waals surface area contributed by atoms with Crippen LogP contribution in [-0.4, -0.2) is 39.0 Å². The van der Waals surface area contributed by atoms with Crippen molar-refractivity contribution in [1.82, 2.24) is 20.4 Å². The Morgan fingerprint density at radius 3 is 2.55 bits per heavy atom. The zero-order valence-corrected chi connectivity index (χ0v) is 24.5. The van der Waals surface area contributed by atoms with Crippen LogP contribution >= 0.6 is 11.6 Å². The number of carbonyl (C=O) groups excluding carboxylic acids is 2. The second-order valence-corrected chi connectivity index (χ2v) is 11.4. The highest BCUT2D eigenvalue weighted by atomic mass is 35.5. The van der Waals surface area contributed by atoms with Gasteiger partial charge in [-0.3, -0.25) is 14.4 Å². The first-order chi connectivity index (χ1) is 19.7. The van der Waals surface area contributed by atoms with Gasteiger partial charge >= 0.3 is 5.56 Å². The van der Waals surface area contributed by atoms with Crippen LogP contribution in [0.4, 0.5) is 8.78 Å². The van der Waals surface area contributed by atoms with Crippen LogP contribution in [0.1, 0.15) is 66.8 Å². The summed E-state index contributed by atoms with van der Waals surface area (Å²) in [5, 5.41) is 18.6. The molecule has 2 heterocycles. The number of nitrogens with one attached hydrogen (secondary N) is 2. The van der Waals surface area contributed by atoms with Gasteiger partial charge in [-0.1, -0.05) is 11.6 Å². The fraction of sp³-hybridized carbons (Fsp3) is 0.367. The maximum atomic E-state index is 15.1. The van der Waals surface area contributed by atoms with E-state index >= 15 is 4.39 Å². The molecule has 9 nitrogen and oxygen atoms in total. The minimum Gasteiger partial charge on any atom is -0.448 e. The molecule has 0 saturated carbocycles. The number of rotatable bonds is 7. The summed E-state index contributed by atoms with van der Waals surface area (Å²) in [5.74, 6) is -3.03. The Kier molecular flexibility index (Phi) is 8.68. The normalized spacial score (nSPS) is 17.5. The molecule has 3 aromatic rings. The number of ether oxygens (including phenoxy) is 1. The Labute approximate surface area is 246 Å². The molecule has 3 atom stereocenters. The van der Waals surface area contributed by atoms with E-state index in [2.05, 4.69) is 21.6 Å². The van der Waals surface area contributed by atoms with Crippen LogP contribution in [0.2, 0.25) is 5.02 Å². The Bertz CT molecular complexity index is 1610. The molecule has 1 aliphatic rings. The summed E-state index contributed by atoms with van der Waals surface area (Å²) in [4.78, 5) is 40.5. The van der Waals surface area contributed by atoms with E-state index in [4.69, 9.17) is 16.3 Å². The molecule has 220 valence electrons. The lowest BCUT2D eigenvalue weighted by Crippen LogP contribution is -2.52. The molecule has 0 aliphatic carbocycles. The highest BCUT2D eigenvalue weighted by Crippen LogP contribution is 2.44. The Morgan fingerprint density at radius 2 is 1.90 bits per heavy atom. The SMILES string of the molecule is Cc1cc(Oc2c(C)cc(C(=O)N[C@H](C)C(=O)N3[C@H](c4cc(F)cc(Cl)c4)CC[C@@H]3C(C)(C)C#N)cc2F)c(=O)[nH]n1. The number of aryl methyl sites for hydroxylation is 2. The van der Waals surface area contributed by atoms with E-state index in [-0.39, 0.29) is 27.6 Å². The fourth-order valence-corrected chi connectivity index (χ4v) is 5.45. The first-order valence-electron chi connectivity index (χ1n) is 13.3. The van der Waals surface area contributed by atoms with Gasteiger partial charge in [0.05, 0.1) is 29.3 Å². The molecule has 1 fully saturated rings. The predicted molar refractivity (Wildman–Crippen MR) is 151 cm³/mol. The van der Waals surface area contributed by atoms with E-state index < -0.39 is 52.5 Å². The van der Waals surface area contributed by atoms with Crippen LogP contribution in [0, 0.1) is 42.2 Å². The molecule has 0 bridgehead atoms. The van der Waals surface area contributed by atoms with Crippen molar-refractivity contribution >= 4 is 23.4 Å². The number of hydrogen-bond acceptors (Lipinski definition) is 6. The second-order valence-electron chi connectivity index (χ2n) is 11.0. The smallest absolute Gasteiger partial charge is 0.307 e. The van der Waals surface area contributed by atoms with Gasteiger partial charge in [0.2, 0.25) is 5.91 Å². The Morgan fingerprint density at radius 1 is 1.19 bits per heavy atom. The van der Waals surface area contributed by atoms with E-state index in [0.29, 0.717) is 24.1 Å². The van der Waals surface area contributed by atoms with Gasteiger partial charge in [0.25, 0.3) is 5.91 Å². The summed E-state index contributed by atoms with van der Waals surface area (Å²) in [5.41, 5.74) is -0.464. The molecule has 1 saturated heterocycles. The van der Waals surface area contributed by atoms with Crippen LogP contribution in [0.5, 0.6) is 11.5 Å². The number of benzene rings is 2. The molecule has 2 aromatic carbocycles. The molecule has 12 heteroatoms. The number of carbonyl (C=O) groups is 2. The molecule has 0 unspecified atom stereocenters. The van der Waals surface area contributed by atoms with Crippen molar-refractivity contribution in [3.8, 4) is 17.6 Å². The minimum absolute atomic E-state index is 0.0689. The van der Waals surface area contributed by atoms with Crippen molar-refractivity contribution < 1.29 is 23.1 Å². The third-order valence-electron chi connectivity index (χ3n) is 7.35. The summed E-state index contributed by atoms with van der Waals surface area (Å²) in [6.45, 7) is 8.07. The Balaban J connectivity index is 1.58. The molecule has 42 heavy (non-hydrogen) atoms. The standard InChI is InChI=1S/C30H30ClF2N5O4/c1-15-8-19(12-22(33)26(15)42-24-9-16(2)36-37-28(24)40)27(39)35-17(3)29(41)38-23(6-7-25(38)30(4,5)14-34)18-10-20(31)13-21(32)11-18/h8-13,17,23,25H,6-7H2,1-5H3,(H,35,39)(H,37,40)/t17-,23+,25-/m1/s1. The van der Waals surface area contributed by atoms with Crippen LogP contribution in [0.25, 0.3) is 0 Å². The molecule has 2 N–H and O–H groups in total. The number of likely N-dealkylation sites (tertiary alicyclic amines) is 1. The molecule has 0 radical (unpaired) electrons. The minimum atomic E-state index is -1.07. The van der Waals surface area contributed by atoms with Gasteiger partial charge in [0, 0.05) is 16.7 Å². The summed E-state index contributed by atoms with van der Waals surface area (Å²) in [6, 6.07) is 7.83. The van der Waals surface area contributed by atoms with Gasteiger partial charge < -0.3 is 15.0 Å². The van der Waals surface area contributed by atoms with E-state index in [0.717, 1.165) is 6.07 Å². The lowest BCUT2D eigenvalue weighted by Gasteiger charge is -2.38. The van der Waals surface area contributed by atoms with Crippen molar-refractivity contribution in [2.75, 3.05) is 0 Å². The number of H-pyrrole nitrogens is 1. The highest BCUT2D eigenvalue weighted by molar-refractivity contribution is 6.30. The summed E-state index contributed by atoms with van der Waals surface area (Å²) >= 11 is 6.09. The molecule has 1 aliphatic heterocycles. The number of halogens is 3. The first kappa shape index (κ1) is 30.7. The number of nitrogens with zero attached hydrogens (tertiary/aromatic N) is 3. The van der Waals surface area contributed by atoms with Gasteiger partial charge in [-0.05, 0) is 88.9 Å². The monoisotopic (exact) mass is 597 g/mol. The number of hydrogen-bond donors (Lipinski definition) is 2. The van der Waals surface area contributed by atoms with Crippen LogP contribution < -0.4 is 15.6 Å². The van der Waals surface area contributed by atoms with Crippen molar-refractivity contribution in [2.24, 2.45) is 5.41 Å². The quantitative estimate of drug-likeness (QED) is 0.369. The lowest BCUT2D eigenvalue weighted by molar-refractivity contribution is -0.137. The van der Waals surface area contributed by atoms with Crippen molar-refractivity contribution in [1.29, 1.82) is 5.26 Å². The van der Waals surface area contributed by atoms with E-state index in [9.17, 15) is 24.0 Å². The number of amides is 2. The van der Waals surface area contributed by atoms with Crippen LogP contribution in [0.3, 0.4) is 0 Å². The second kappa shape index (κ2) is 11.9. The van der Waals surface area contributed by atoms with E-state index in [1.54, 1.807) is 26.8 Å². The van der Waals surface area contributed by atoms with Gasteiger partial charge in [-0.15, -0.1) is 0 Å². The summed E-state index contributed by atoms with van der Waals surface area (Å²) in [6.07, 6.45) is 0.950. The van der Waals surface area contributed by atoms with Crippen molar-refractivity contribution in [3.05, 3.63) is 85.8 Å². The predicted octanol–water partition coefficient (Wildman–Crippen LogP) is 5.51. The highest BCUT2D eigenvalue weighted by Gasteiger charge is 2.46. The largest absolute Gasteiger partial charge is 0.448 e. The maximum Gasteiger partial charge on any atom is 0.307 e. The average Bonchev–Trinajstić information content (AvgIpc) is 3.37. The topological polar surface area (TPSA) is 128 Å². The van der Waals surface area contributed by atoms with Gasteiger partial charge in [-0.2, -0.15) is 10.4 Å². The third kappa shape index (κ3) is 6.29. The summed E-state index contributed by atoms with van der Waals surface area (Å²) in [7, 11) is 0. The fourth-order valence-electron chi connectivity index (χ4n) is 5.22. The van der Waals surface area contributed by atoms with Crippen molar-refractivity contribution in [3.63, 3.8) is 0 Å². The van der Waals surface area contributed by atoms with Gasteiger partial charge in [-0.25, -0.2) is 13.9 Å². The number of aromatic nitrogens is 2. The van der Waals surface area contributed by atoms with Gasteiger partial charge in [0.15, 0.2) is 17.3 Å². The van der Waals surface area contributed by atoms with E-state index in [1.165, 1.54) is 43.0 Å². The van der Waals surface area contributed by atoms with Crippen LogP contribution in [-0.2, 0) is 4.79 Å². The van der Waals surface area contributed by atoms with Crippen molar-refractivity contribution in [2.45, 2.75) is 65.6 Å². The zero-order valence-electron chi connectivity index (χ0n) is 23.7. The average molecular weight is 598 g/mol. The molecule has 4 rings (SSSR count). The third-order valence-corrected chi connectivity index (χ3v) is 7.57. The number of aromatic amines is 1. The first-order valence-corrected chi connectivity index (χ1v) is 13.6.